The van der Waals surface area contributed by atoms with E-state index in [2.05, 4.69) is 21.1 Å². The first-order valence-corrected chi connectivity index (χ1v) is 9.74. The van der Waals surface area contributed by atoms with Gasteiger partial charge in [-0.2, -0.15) is 10.2 Å². The minimum Gasteiger partial charge on any atom is -0.394 e. The molecule has 5 N–H and O–H groups in total. The van der Waals surface area contributed by atoms with Crippen molar-refractivity contribution in [1.29, 1.82) is 0 Å². The van der Waals surface area contributed by atoms with Crippen LogP contribution in [0.15, 0.2) is 58.7 Å². The second-order valence-electron chi connectivity index (χ2n) is 6.28. The maximum absolute atomic E-state index is 12.2. The van der Waals surface area contributed by atoms with Crippen LogP contribution in [-0.4, -0.2) is 57.9 Å². The topological polar surface area (TPSA) is 144 Å². The largest absolute Gasteiger partial charge is 0.394 e. The molecule has 2 atom stereocenters. The van der Waals surface area contributed by atoms with Crippen molar-refractivity contribution >= 4 is 46.9 Å². The molecule has 0 aliphatic rings. The summed E-state index contributed by atoms with van der Waals surface area (Å²) in [6.07, 6.45) is -1.96. The van der Waals surface area contributed by atoms with E-state index in [0.717, 1.165) is 6.21 Å². The second kappa shape index (κ2) is 12.1. The van der Waals surface area contributed by atoms with Gasteiger partial charge >= 0.3 is 0 Å². The Labute approximate surface area is 188 Å². The number of carbonyl (C=O) groups is 2. The lowest BCUT2D eigenvalue weighted by molar-refractivity contribution is -0.00975. The average molecular weight is 467 g/mol. The summed E-state index contributed by atoms with van der Waals surface area (Å²) in [5.41, 5.74) is 5.19. The van der Waals surface area contributed by atoms with E-state index in [1.807, 2.05) is 0 Å². The maximum Gasteiger partial charge on any atom is 0.271 e. The molecule has 0 fully saturated rings. The molecule has 2 amide bonds. The van der Waals surface area contributed by atoms with Gasteiger partial charge in [-0.25, -0.2) is 10.9 Å². The average Bonchev–Trinajstić information content (AvgIpc) is 2.77. The third-order valence-electron chi connectivity index (χ3n) is 3.94. The van der Waals surface area contributed by atoms with Gasteiger partial charge in [0.1, 0.15) is 6.10 Å². The number of hydrazone groups is 2. The van der Waals surface area contributed by atoms with Gasteiger partial charge in [0.05, 0.1) is 24.6 Å². The summed E-state index contributed by atoms with van der Waals surface area (Å²) in [6.45, 7) is -0.671. The van der Waals surface area contributed by atoms with Crippen molar-refractivity contribution in [2.24, 2.45) is 10.2 Å². The first-order valence-electron chi connectivity index (χ1n) is 8.98. The molecule has 0 spiro atoms. The highest BCUT2D eigenvalue weighted by Gasteiger charge is 2.18. The Morgan fingerprint density at radius 2 is 1.35 bits per heavy atom. The zero-order valence-corrected chi connectivity index (χ0v) is 17.6. The van der Waals surface area contributed by atoms with Crippen molar-refractivity contribution in [1.82, 2.24) is 10.9 Å². The van der Waals surface area contributed by atoms with Gasteiger partial charge in [-0.3, -0.25) is 9.59 Å². The number of aliphatic hydroxyl groups is 3. The summed E-state index contributed by atoms with van der Waals surface area (Å²) < 4.78 is 0. The number of nitrogens with zero attached hydrogens (tertiary/aromatic N) is 2. The van der Waals surface area contributed by atoms with E-state index in [9.17, 15) is 19.8 Å². The molecular weight excluding hydrogens is 447 g/mol. The Kier molecular flexibility index (Phi) is 9.57. The lowest BCUT2D eigenvalue weighted by Gasteiger charge is -2.15. The summed E-state index contributed by atoms with van der Waals surface area (Å²) in [4.78, 5) is 24.3. The smallest absolute Gasteiger partial charge is 0.271 e. The Balaban J connectivity index is 2.09. The maximum atomic E-state index is 12.2. The number of hydrogen-bond donors (Lipinski definition) is 5. The van der Waals surface area contributed by atoms with Crippen molar-refractivity contribution in [2.45, 2.75) is 18.6 Å². The van der Waals surface area contributed by atoms with Gasteiger partial charge in [0.15, 0.2) is 0 Å². The van der Waals surface area contributed by atoms with E-state index >= 15 is 0 Å². The van der Waals surface area contributed by atoms with Crippen LogP contribution in [0.4, 0.5) is 0 Å². The monoisotopic (exact) mass is 466 g/mol. The SMILES string of the molecule is O=C(NN=CC(C[C@@H](O)[C@H](O)CO)=NNC(=O)c1ccc(Cl)cc1)c1ccc(Cl)cc1. The molecule has 11 heteroatoms. The Bertz CT molecular complexity index is 949. The predicted octanol–water partition coefficient (Wildman–Crippen LogP) is 1.60. The van der Waals surface area contributed by atoms with Crippen LogP contribution in [0.25, 0.3) is 0 Å². The first-order chi connectivity index (χ1) is 14.8. The van der Waals surface area contributed by atoms with Crippen LogP contribution in [-0.2, 0) is 0 Å². The number of amides is 2. The minimum atomic E-state index is -1.42. The molecule has 0 bridgehead atoms. The first kappa shape index (κ1) is 24.4. The number of nitrogens with one attached hydrogen (secondary N) is 2. The quantitative estimate of drug-likeness (QED) is 0.281. The van der Waals surface area contributed by atoms with Gasteiger partial charge in [0.2, 0.25) is 0 Å². The fourth-order valence-electron chi connectivity index (χ4n) is 2.22. The molecule has 2 aromatic rings. The third kappa shape index (κ3) is 8.08. The van der Waals surface area contributed by atoms with Gasteiger partial charge in [-0.15, -0.1) is 0 Å². The van der Waals surface area contributed by atoms with Crippen LogP contribution >= 0.6 is 23.2 Å². The molecular formula is C20H20Cl2N4O5. The molecule has 164 valence electrons. The zero-order valence-electron chi connectivity index (χ0n) is 16.1. The molecule has 0 radical (unpaired) electrons. The van der Waals surface area contributed by atoms with E-state index < -0.39 is 30.6 Å². The summed E-state index contributed by atoms with van der Waals surface area (Å²) in [5.74, 6) is -1.07. The minimum absolute atomic E-state index is 0.0266. The van der Waals surface area contributed by atoms with Crippen LogP contribution in [0, 0.1) is 0 Å². The van der Waals surface area contributed by atoms with Gasteiger partial charge in [-0.05, 0) is 48.5 Å². The van der Waals surface area contributed by atoms with E-state index in [1.54, 1.807) is 12.1 Å². The molecule has 0 aliphatic heterocycles. The summed E-state index contributed by atoms with van der Waals surface area (Å²) in [5, 5.41) is 37.0. The normalized spacial score (nSPS) is 13.6. The summed E-state index contributed by atoms with van der Waals surface area (Å²) in [6, 6.07) is 12.2. The van der Waals surface area contributed by atoms with Crippen molar-refractivity contribution in [3.05, 3.63) is 69.7 Å². The lowest BCUT2D eigenvalue weighted by Crippen LogP contribution is -2.33. The number of halogens is 2. The van der Waals surface area contributed by atoms with E-state index in [1.165, 1.54) is 36.4 Å². The molecule has 31 heavy (non-hydrogen) atoms. The number of carbonyl (C=O) groups excluding carboxylic acids is 2. The molecule has 2 rings (SSSR count). The molecule has 0 unspecified atom stereocenters. The molecule has 0 heterocycles. The van der Waals surface area contributed by atoms with Gasteiger partial charge in [0.25, 0.3) is 11.8 Å². The van der Waals surface area contributed by atoms with Gasteiger partial charge in [-0.1, -0.05) is 23.2 Å². The lowest BCUT2D eigenvalue weighted by atomic mass is 10.1. The molecule has 0 saturated heterocycles. The van der Waals surface area contributed by atoms with Gasteiger partial charge < -0.3 is 15.3 Å². The summed E-state index contributed by atoms with van der Waals surface area (Å²) in [7, 11) is 0. The van der Waals surface area contributed by atoms with Crippen molar-refractivity contribution in [3.63, 3.8) is 0 Å². The van der Waals surface area contributed by atoms with E-state index in [0.29, 0.717) is 15.6 Å². The highest BCUT2D eigenvalue weighted by atomic mass is 35.5. The van der Waals surface area contributed by atoms with Gasteiger partial charge in [0, 0.05) is 27.6 Å². The number of hydrogen-bond acceptors (Lipinski definition) is 7. The fourth-order valence-corrected chi connectivity index (χ4v) is 2.47. The molecule has 0 aliphatic carbocycles. The molecule has 0 aromatic heterocycles. The standard InChI is InChI=1S/C20H20Cl2N4O5/c21-14-5-1-12(2-6-14)19(30)25-23-10-16(9-17(28)18(29)11-27)24-26-20(31)13-3-7-15(22)8-4-13/h1-8,10,17-18,27-29H,9,11H2,(H,25,30)(H,26,31)/t17-,18-/m1/s1. The van der Waals surface area contributed by atoms with E-state index in [-0.39, 0.29) is 17.7 Å². The Morgan fingerprint density at radius 3 is 1.84 bits per heavy atom. The highest BCUT2D eigenvalue weighted by molar-refractivity contribution is 6.31. The molecule has 9 nitrogen and oxygen atoms in total. The van der Waals surface area contributed by atoms with Crippen molar-refractivity contribution in [3.8, 4) is 0 Å². The third-order valence-corrected chi connectivity index (χ3v) is 4.45. The molecule has 2 aromatic carbocycles. The van der Waals surface area contributed by atoms with Crippen LogP contribution in [0.3, 0.4) is 0 Å². The zero-order chi connectivity index (χ0) is 22.8. The van der Waals surface area contributed by atoms with Crippen LogP contribution in [0.1, 0.15) is 27.1 Å². The van der Waals surface area contributed by atoms with Crippen LogP contribution in [0.5, 0.6) is 0 Å². The number of aliphatic hydroxyl groups excluding tert-OH is 3. The number of benzene rings is 2. The summed E-state index contributed by atoms with van der Waals surface area (Å²) >= 11 is 11.6. The van der Waals surface area contributed by atoms with Crippen LogP contribution in [0.2, 0.25) is 10.0 Å². The Morgan fingerprint density at radius 1 is 0.871 bits per heavy atom. The van der Waals surface area contributed by atoms with Crippen LogP contribution < -0.4 is 10.9 Å². The fraction of sp³-hybridized carbons (Fsp3) is 0.200. The van der Waals surface area contributed by atoms with Crippen molar-refractivity contribution in [2.75, 3.05) is 6.61 Å². The predicted molar refractivity (Wildman–Crippen MR) is 117 cm³/mol. The Hall–Kier alpha value is -2.82. The second-order valence-corrected chi connectivity index (χ2v) is 7.15. The van der Waals surface area contributed by atoms with Crippen molar-refractivity contribution < 1.29 is 24.9 Å². The molecule has 0 saturated carbocycles. The highest BCUT2D eigenvalue weighted by Crippen LogP contribution is 2.10. The number of rotatable bonds is 9. The van der Waals surface area contributed by atoms with E-state index in [4.69, 9.17) is 28.3 Å².